The predicted molar refractivity (Wildman–Crippen MR) is 72.4 cm³/mol. The van der Waals surface area contributed by atoms with Crippen molar-refractivity contribution in [1.82, 2.24) is 5.32 Å². The second-order valence-electron chi connectivity index (χ2n) is 4.44. The van der Waals surface area contributed by atoms with Crippen molar-refractivity contribution in [1.29, 1.82) is 0 Å². The highest BCUT2D eigenvalue weighted by atomic mass is 16.4. The molecule has 5 nitrogen and oxygen atoms in total. The van der Waals surface area contributed by atoms with Gasteiger partial charge in [-0.15, -0.1) is 6.58 Å². The summed E-state index contributed by atoms with van der Waals surface area (Å²) >= 11 is 0. The predicted octanol–water partition coefficient (Wildman–Crippen LogP) is 1.96. The van der Waals surface area contributed by atoms with Crippen LogP contribution in [-0.2, 0) is 4.79 Å². The third-order valence-electron chi connectivity index (χ3n) is 3.13. The maximum Gasteiger partial charge on any atom is 0.322 e. The summed E-state index contributed by atoms with van der Waals surface area (Å²) in [6.07, 6.45) is 1.64. The van der Waals surface area contributed by atoms with Crippen LogP contribution in [0.5, 0.6) is 0 Å². The van der Waals surface area contributed by atoms with Gasteiger partial charge < -0.3 is 10.4 Å². The van der Waals surface area contributed by atoms with Gasteiger partial charge in [0.2, 0.25) is 0 Å². The average Bonchev–Trinajstić information content (AvgIpc) is 2.75. The van der Waals surface area contributed by atoms with Crippen LogP contribution in [0.25, 0.3) is 0 Å². The number of urea groups is 1. The van der Waals surface area contributed by atoms with Gasteiger partial charge in [-0.05, 0) is 11.6 Å². The fraction of sp³-hybridized carbons (Fsp3) is 0.286. The number of nitrogens with one attached hydrogen (secondary N) is 1. The molecule has 0 aromatic heterocycles. The number of nitrogens with zero attached hydrogens (tertiary/aromatic N) is 1. The molecular weight excluding hydrogens is 244 g/mol. The minimum atomic E-state index is -0.854. The molecule has 19 heavy (non-hydrogen) atoms. The summed E-state index contributed by atoms with van der Waals surface area (Å²) in [6, 6.07) is 7.20. The number of para-hydroxylation sites is 1. The van der Waals surface area contributed by atoms with Crippen LogP contribution in [0.2, 0.25) is 0 Å². The maximum atomic E-state index is 12.0. The number of amides is 2. The minimum absolute atomic E-state index is 0.0300. The highest BCUT2D eigenvalue weighted by Crippen LogP contribution is 2.37. The fourth-order valence-corrected chi connectivity index (χ4v) is 2.33. The van der Waals surface area contributed by atoms with Gasteiger partial charge >= 0.3 is 12.0 Å². The molecule has 2 amide bonds. The van der Waals surface area contributed by atoms with Crippen LogP contribution in [-0.4, -0.2) is 30.2 Å². The van der Waals surface area contributed by atoms with Crippen LogP contribution in [0.15, 0.2) is 36.9 Å². The van der Waals surface area contributed by atoms with Crippen LogP contribution in [0.3, 0.4) is 0 Å². The molecule has 0 bridgehead atoms. The van der Waals surface area contributed by atoms with Gasteiger partial charge in [0.25, 0.3) is 0 Å². The number of carboxylic acid groups (broad SMARTS) is 1. The first-order valence-electron chi connectivity index (χ1n) is 6.10. The standard InChI is InChI=1S/C14H16N2O3/c1-2-7-15-14(19)16-9-10(8-13(17)18)11-5-3-4-6-12(11)16/h2-6,10H,1,7-9H2,(H,15,19)(H,17,18). The smallest absolute Gasteiger partial charge is 0.322 e. The minimum Gasteiger partial charge on any atom is -0.481 e. The van der Waals surface area contributed by atoms with Crippen molar-refractivity contribution in [3.8, 4) is 0 Å². The number of hydrogen-bond acceptors (Lipinski definition) is 2. The van der Waals surface area contributed by atoms with E-state index >= 15 is 0 Å². The quantitative estimate of drug-likeness (QED) is 0.813. The van der Waals surface area contributed by atoms with E-state index < -0.39 is 5.97 Å². The number of hydrogen-bond donors (Lipinski definition) is 2. The number of anilines is 1. The molecular formula is C14H16N2O3. The lowest BCUT2D eigenvalue weighted by Crippen LogP contribution is -2.39. The Morgan fingerprint density at radius 3 is 2.89 bits per heavy atom. The van der Waals surface area contributed by atoms with E-state index in [1.807, 2.05) is 24.3 Å². The highest BCUT2D eigenvalue weighted by Gasteiger charge is 2.32. The summed E-state index contributed by atoms with van der Waals surface area (Å²) in [7, 11) is 0. The lowest BCUT2D eigenvalue weighted by atomic mass is 9.98. The molecule has 1 aliphatic heterocycles. The number of rotatable bonds is 4. The Labute approximate surface area is 111 Å². The van der Waals surface area contributed by atoms with Gasteiger partial charge in [0.05, 0.1) is 6.42 Å². The highest BCUT2D eigenvalue weighted by molar-refractivity contribution is 5.95. The first-order valence-corrected chi connectivity index (χ1v) is 6.10. The summed E-state index contributed by atoms with van der Waals surface area (Å²) in [5.74, 6) is -1.00. The number of carboxylic acids is 1. The monoisotopic (exact) mass is 260 g/mol. The van der Waals surface area contributed by atoms with Crippen LogP contribution >= 0.6 is 0 Å². The Balaban J connectivity index is 2.22. The molecule has 0 saturated carbocycles. The zero-order chi connectivity index (χ0) is 13.8. The Bertz CT molecular complexity index is 513. The van der Waals surface area contributed by atoms with Gasteiger partial charge in [0, 0.05) is 24.7 Å². The van der Waals surface area contributed by atoms with Gasteiger partial charge in [-0.25, -0.2) is 4.79 Å². The molecule has 1 atom stereocenters. The number of aliphatic carboxylic acids is 1. The lowest BCUT2D eigenvalue weighted by molar-refractivity contribution is -0.137. The summed E-state index contributed by atoms with van der Waals surface area (Å²) in [5.41, 5.74) is 1.70. The zero-order valence-electron chi connectivity index (χ0n) is 10.5. The third kappa shape index (κ3) is 2.76. The largest absolute Gasteiger partial charge is 0.481 e. The second-order valence-corrected chi connectivity index (χ2v) is 4.44. The van der Waals surface area contributed by atoms with E-state index in [1.165, 1.54) is 0 Å². The van der Waals surface area contributed by atoms with Gasteiger partial charge in [0.1, 0.15) is 0 Å². The van der Waals surface area contributed by atoms with Crippen molar-refractivity contribution in [2.45, 2.75) is 12.3 Å². The van der Waals surface area contributed by atoms with Crippen molar-refractivity contribution in [2.75, 3.05) is 18.0 Å². The maximum absolute atomic E-state index is 12.0. The molecule has 2 rings (SSSR count). The Morgan fingerprint density at radius 2 is 2.21 bits per heavy atom. The van der Waals surface area contributed by atoms with Crippen LogP contribution < -0.4 is 10.2 Å². The molecule has 0 saturated heterocycles. The zero-order valence-corrected chi connectivity index (χ0v) is 10.5. The van der Waals surface area contributed by atoms with Crippen molar-refractivity contribution < 1.29 is 14.7 Å². The lowest BCUT2D eigenvalue weighted by Gasteiger charge is -2.17. The van der Waals surface area contributed by atoms with E-state index in [2.05, 4.69) is 11.9 Å². The molecule has 0 radical (unpaired) electrons. The first-order chi connectivity index (χ1) is 9.13. The van der Waals surface area contributed by atoms with Crippen molar-refractivity contribution in [3.63, 3.8) is 0 Å². The normalized spacial score (nSPS) is 16.8. The summed E-state index contributed by atoms with van der Waals surface area (Å²) in [6.45, 7) is 4.33. The van der Waals surface area contributed by atoms with E-state index in [9.17, 15) is 9.59 Å². The van der Waals surface area contributed by atoms with Crippen LogP contribution in [0.4, 0.5) is 10.5 Å². The SMILES string of the molecule is C=CCNC(=O)N1CC(CC(=O)O)c2ccccc21. The fourth-order valence-electron chi connectivity index (χ4n) is 2.33. The van der Waals surface area contributed by atoms with E-state index in [1.54, 1.807) is 11.0 Å². The molecule has 1 aliphatic rings. The number of fused-ring (bicyclic) bond motifs is 1. The summed E-state index contributed by atoms with van der Waals surface area (Å²) < 4.78 is 0. The molecule has 1 aromatic carbocycles. The summed E-state index contributed by atoms with van der Waals surface area (Å²) in [5, 5.41) is 11.6. The Hall–Kier alpha value is -2.30. The molecule has 100 valence electrons. The second kappa shape index (κ2) is 5.56. The molecule has 1 unspecified atom stereocenters. The van der Waals surface area contributed by atoms with Crippen LogP contribution in [0, 0.1) is 0 Å². The van der Waals surface area contributed by atoms with Crippen LogP contribution in [0.1, 0.15) is 17.9 Å². The number of carbonyl (C=O) groups is 2. The molecule has 1 aromatic rings. The topological polar surface area (TPSA) is 69.6 Å². The molecule has 0 aliphatic carbocycles. The van der Waals surface area contributed by atoms with E-state index in [-0.39, 0.29) is 18.4 Å². The Kier molecular flexibility index (Phi) is 3.85. The molecule has 2 N–H and O–H groups in total. The average molecular weight is 260 g/mol. The first kappa shape index (κ1) is 13.1. The Morgan fingerprint density at radius 1 is 1.47 bits per heavy atom. The van der Waals surface area contributed by atoms with E-state index in [0.29, 0.717) is 13.1 Å². The molecule has 0 spiro atoms. The molecule has 1 heterocycles. The van der Waals surface area contributed by atoms with Gasteiger partial charge in [-0.3, -0.25) is 9.69 Å². The molecule has 0 fully saturated rings. The van der Waals surface area contributed by atoms with Gasteiger partial charge in [-0.2, -0.15) is 0 Å². The van der Waals surface area contributed by atoms with Crippen molar-refractivity contribution in [3.05, 3.63) is 42.5 Å². The van der Waals surface area contributed by atoms with E-state index in [0.717, 1.165) is 11.3 Å². The van der Waals surface area contributed by atoms with Crippen molar-refractivity contribution >= 4 is 17.7 Å². The summed E-state index contributed by atoms with van der Waals surface area (Å²) in [4.78, 5) is 24.5. The van der Waals surface area contributed by atoms with E-state index in [4.69, 9.17) is 5.11 Å². The van der Waals surface area contributed by atoms with Gasteiger partial charge in [-0.1, -0.05) is 24.3 Å². The number of carbonyl (C=O) groups excluding carboxylic acids is 1. The van der Waals surface area contributed by atoms with Gasteiger partial charge in [0.15, 0.2) is 0 Å². The third-order valence-corrected chi connectivity index (χ3v) is 3.13. The molecule has 5 heteroatoms. The number of benzene rings is 1. The van der Waals surface area contributed by atoms with Crippen molar-refractivity contribution in [2.24, 2.45) is 0 Å².